The van der Waals surface area contributed by atoms with Crippen molar-refractivity contribution >= 4 is 35.1 Å². The normalized spacial score (nSPS) is 11.4. The number of benzene rings is 5. The van der Waals surface area contributed by atoms with E-state index in [0.717, 1.165) is 16.7 Å². The molecule has 0 fully saturated rings. The average Bonchev–Trinajstić information content (AvgIpc) is 3.18. The number of hydrogen-bond acceptors (Lipinski definition) is 0. The molecule has 1 heterocycles. The van der Waals surface area contributed by atoms with Crippen molar-refractivity contribution in [2.75, 3.05) is 0 Å². The molecule has 0 unspecified atom stereocenters. The number of hydrogen-bond donors (Lipinski definition) is 0. The highest BCUT2D eigenvalue weighted by Gasteiger charge is 2.14. The SMILES string of the molecule is [B]c1ccc2c(c1)c1cc(-c3ccc(C)c(-c4ccccc4C)c3)ccc1n2-c1ccccc1. The standard InChI is InChI=1S/C32H24BN/c1-21-8-6-7-11-27(21)28-18-23(13-12-22(28)2)24-14-16-31-29(19-24)30-20-25(33)15-17-32(30)34(31)26-9-4-3-5-10-26/h3-20H,1-2H3. The highest BCUT2D eigenvalue weighted by Crippen LogP contribution is 2.36. The number of aryl methyl sites for hydroxylation is 2. The zero-order valence-corrected chi connectivity index (χ0v) is 19.4. The summed E-state index contributed by atoms with van der Waals surface area (Å²) in [5.41, 5.74) is 11.8. The van der Waals surface area contributed by atoms with Gasteiger partial charge in [-0.1, -0.05) is 78.3 Å². The molecule has 0 aliphatic carbocycles. The van der Waals surface area contributed by atoms with E-state index in [4.69, 9.17) is 7.85 Å². The van der Waals surface area contributed by atoms with E-state index in [1.54, 1.807) is 0 Å². The molecule has 5 aromatic carbocycles. The van der Waals surface area contributed by atoms with Crippen LogP contribution >= 0.6 is 0 Å². The lowest BCUT2D eigenvalue weighted by Gasteiger charge is -2.12. The fraction of sp³-hybridized carbons (Fsp3) is 0.0625. The van der Waals surface area contributed by atoms with E-state index in [1.807, 2.05) is 6.07 Å². The maximum Gasteiger partial charge on any atom is 0.113 e. The van der Waals surface area contributed by atoms with Gasteiger partial charge in [0.1, 0.15) is 7.85 Å². The van der Waals surface area contributed by atoms with Gasteiger partial charge in [-0.2, -0.15) is 0 Å². The molecule has 6 rings (SSSR count). The molecule has 0 amide bonds. The minimum absolute atomic E-state index is 0.780. The highest BCUT2D eigenvalue weighted by atomic mass is 15.0. The van der Waals surface area contributed by atoms with Gasteiger partial charge >= 0.3 is 0 Å². The highest BCUT2D eigenvalue weighted by molar-refractivity contribution is 6.34. The molecule has 0 aliphatic heterocycles. The maximum absolute atomic E-state index is 6.22. The van der Waals surface area contributed by atoms with Gasteiger partial charge in [0.25, 0.3) is 0 Å². The van der Waals surface area contributed by atoms with E-state index in [-0.39, 0.29) is 0 Å². The first kappa shape index (κ1) is 20.6. The molecule has 1 nitrogen and oxygen atoms in total. The third-order valence-electron chi connectivity index (χ3n) is 6.81. The predicted molar refractivity (Wildman–Crippen MR) is 147 cm³/mol. The molecule has 1 aromatic heterocycles. The molecule has 0 saturated heterocycles. The van der Waals surface area contributed by atoms with Gasteiger partial charge in [0.15, 0.2) is 0 Å². The lowest BCUT2D eigenvalue weighted by Crippen LogP contribution is -2.00. The second-order valence-electron chi connectivity index (χ2n) is 9.02. The second kappa shape index (κ2) is 8.07. The summed E-state index contributed by atoms with van der Waals surface area (Å²) in [4.78, 5) is 0. The quantitative estimate of drug-likeness (QED) is 0.254. The van der Waals surface area contributed by atoms with E-state index >= 15 is 0 Å². The molecule has 2 radical (unpaired) electrons. The number of rotatable bonds is 3. The van der Waals surface area contributed by atoms with E-state index < -0.39 is 0 Å². The minimum Gasteiger partial charge on any atom is -0.309 e. The Morgan fingerprint density at radius 3 is 1.94 bits per heavy atom. The predicted octanol–water partition coefficient (Wildman–Crippen LogP) is 7.53. The molecule has 0 saturated carbocycles. The van der Waals surface area contributed by atoms with Gasteiger partial charge in [-0.3, -0.25) is 0 Å². The van der Waals surface area contributed by atoms with Crippen molar-refractivity contribution in [2.45, 2.75) is 13.8 Å². The van der Waals surface area contributed by atoms with Crippen LogP contribution < -0.4 is 5.46 Å². The van der Waals surface area contributed by atoms with Crippen LogP contribution in [0.15, 0.2) is 109 Å². The van der Waals surface area contributed by atoms with Crippen LogP contribution in [0.3, 0.4) is 0 Å². The van der Waals surface area contributed by atoms with Gasteiger partial charge in [0.05, 0.1) is 11.0 Å². The van der Waals surface area contributed by atoms with E-state index in [0.29, 0.717) is 0 Å². The molecule has 0 spiro atoms. The van der Waals surface area contributed by atoms with Crippen LogP contribution in [-0.2, 0) is 0 Å². The van der Waals surface area contributed by atoms with Gasteiger partial charge in [-0.15, -0.1) is 0 Å². The summed E-state index contributed by atoms with van der Waals surface area (Å²) in [6.07, 6.45) is 0. The number of aromatic nitrogens is 1. The minimum atomic E-state index is 0.780. The van der Waals surface area contributed by atoms with Crippen LogP contribution in [-0.4, -0.2) is 12.4 Å². The monoisotopic (exact) mass is 433 g/mol. The Morgan fingerprint density at radius 1 is 0.529 bits per heavy atom. The topological polar surface area (TPSA) is 4.93 Å². The second-order valence-corrected chi connectivity index (χ2v) is 9.02. The van der Waals surface area contributed by atoms with Crippen molar-refractivity contribution < 1.29 is 0 Å². The van der Waals surface area contributed by atoms with Crippen LogP contribution in [0, 0.1) is 13.8 Å². The van der Waals surface area contributed by atoms with Crippen molar-refractivity contribution in [3.8, 4) is 27.9 Å². The van der Waals surface area contributed by atoms with Gasteiger partial charge in [0, 0.05) is 16.5 Å². The Morgan fingerprint density at radius 2 is 1.15 bits per heavy atom. The van der Waals surface area contributed by atoms with Crippen molar-refractivity contribution in [3.63, 3.8) is 0 Å². The lowest BCUT2D eigenvalue weighted by molar-refractivity contribution is 1.18. The van der Waals surface area contributed by atoms with Crippen LogP contribution in [0.5, 0.6) is 0 Å². The summed E-state index contributed by atoms with van der Waals surface area (Å²) >= 11 is 0. The smallest absolute Gasteiger partial charge is 0.113 e. The Balaban J connectivity index is 1.58. The summed E-state index contributed by atoms with van der Waals surface area (Å²) in [6, 6.07) is 38.9. The summed E-state index contributed by atoms with van der Waals surface area (Å²) in [6.45, 7) is 4.36. The Kier molecular flexibility index (Phi) is 4.88. The van der Waals surface area contributed by atoms with Gasteiger partial charge in [0.2, 0.25) is 0 Å². The Labute approximate surface area is 201 Å². The third-order valence-corrected chi connectivity index (χ3v) is 6.81. The zero-order valence-electron chi connectivity index (χ0n) is 19.4. The van der Waals surface area contributed by atoms with Crippen molar-refractivity contribution in [1.82, 2.24) is 4.57 Å². The van der Waals surface area contributed by atoms with Gasteiger partial charge in [-0.05, 0) is 83.6 Å². The first-order chi connectivity index (χ1) is 16.6. The van der Waals surface area contributed by atoms with Gasteiger partial charge < -0.3 is 4.57 Å². The average molecular weight is 433 g/mol. The first-order valence-corrected chi connectivity index (χ1v) is 11.7. The van der Waals surface area contributed by atoms with Crippen molar-refractivity contribution in [3.05, 3.63) is 120 Å². The van der Waals surface area contributed by atoms with Crippen LogP contribution in [0.2, 0.25) is 0 Å². The number of nitrogens with zero attached hydrogens (tertiary/aromatic N) is 1. The molecular formula is C32H24BN. The van der Waals surface area contributed by atoms with E-state index in [2.05, 4.69) is 122 Å². The molecule has 0 aliphatic rings. The van der Waals surface area contributed by atoms with Crippen LogP contribution in [0.1, 0.15) is 11.1 Å². The molecule has 0 N–H and O–H groups in total. The third kappa shape index (κ3) is 3.35. The molecule has 2 heteroatoms. The van der Waals surface area contributed by atoms with Crippen LogP contribution in [0.4, 0.5) is 0 Å². The van der Waals surface area contributed by atoms with Gasteiger partial charge in [-0.25, -0.2) is 0 Å². The van der Waals surface area contributed by atoms with Crippen molar-refractivity contribution in [1.29, 1.82) is 0 Å². The summed E-state index contributed by atoms with van der Waals surface area (Å²) in [7, 11) is 6.22. The van der Waals surface area contributed by atoms with E-state index in [1.165, 1.54) is 49.7 Å². The molecule has 0 bridgehead atoms. The summed E-state index contributed by atoms with van der Waals surface area (Å²) in [5.74, 6) is 0. The number of fused-ring (bicyclic) bond motifs is 3. The fourth-order valence-electron chi connectivity index (χ4n) is 5.04. The molecule has 6 aromatic rings. The maximum atomic E-state index is 6.22. The first-order valence-electron chi connectivity index (χ1n) is 11.7. The largest absolute Gasteiger partial charge is 0.309 e. The fourth-order valence-corrected chi connectivity index (χ4v) is 5.04. The Hall–Kier alpha value is -4.04. The van der Waals surface area contributed by atoms with E-state index in [9.17, 15) is 0 Å². The van der Waals surface area contributed by atoms with Crippen molar-refractivity contribution in [2.24, 2.45) is 0 Å². The summed E-state index contributed by atoms with van der Waals surface area (Å²) in [5, 5.41) is 2.38. The number of para-hydroxylation sites is 1. The molecule has 0 atom stereocenters. The lowest BCUT2D eigenvalue weighted by atomic mass is 9.92. The molecule has 34 heavy (non-hydrogen) atoms. The van der Waals surface area contributed by atoms with Crippen LogP contribution in [0.25, 0.3) is 49.7 Å². The Bertz CT molecular complexity index is 1680. The molecular weight excluding hydrogens is 409 g/mol. The zero-order chi connectivity index (χ0) is 23.2. The molecule has 160 valence electrons. The summed E-state index contributed by atoms with van der Waals surface area (Å²) < 4.78 is 2.32.